The standard InChI is InChI=1S/C15H12N2O4/c1-21-11-4-2-3-10(8-11)17-13(18)6-5-9-7-12(15(19)20)16-14(9)17/h2-8,16H,1H3,(H,19,20). The average Bonchev–Trinajstić information content (AvgIpc) is 2.91. The third kappa shape index (κ3) is 2.16. The smallest absolute Gasteiger partial charge is 0.352 e. The number of carboxylic acid groups (broad SMARTS) is 1. The minimum absolute atomic E-state index is 0.0345. The van der Waals surface area contributed by atoms with Gasteiger partial charge in [-0.2, -0.15) is 0 Å². The minimum Gasteiger partial charge on any atom is -0.497 e. The molecular formula is C15H12N2O4. The lowest BCUT2D eigenvalue weighted by molar-refractivity contribution is 0.0691. The summed E-state index contributed by atoms with van der Waals surface area (Å²) in [6.07, 6.45) is 0. The van der Waals surface area contributed by atoms with Crippen molar-refractivity contribution in [1.29, 1.82) is 0 Å². The summed E-state index contributed by atoms with van der Waals surface area (Å²) >= 11 is 0. The number of nitrogens with one attached hydrogen (secondary N) is 1. The van der Waals surface area contributed by atoms with Gasteiger partial charge >= 0.3 is 5.97 Å². The number of ether oxygens (including phenoxy) is 1. The number of aromatic carboxylic acids is 1. The summed E-state index contributed by atoms with van der Waals surface area (Å²) in [4.78, 5) is 26.0. The van der Waals surface area contributed by atoms with Crippen molar-refractivity contribution in [2.45, 2.75) is 0 Å². The molecule has 0 radical (unpaired) electrons. The molecule has 21 heavy (non-hydrogen) atoms. The van der Waals surface area contributed by atoms with Gasteiger partial charge in [0, 0.05) is 17.5 Å². The lowest BCUT2D eigenvalue weighted by atomic mass is 10.2. The molecule has 0 aliphatic rings. The molecule has 2 aromatic heterocycles. The number of H-pyrrole nitrogens is 1. The van der Waals surface area contributed by atoms with Crippen LogP contribution in [-0.4, -0.2) is 27.7 Å². The largest absolute Gasteiger partial charge is 0.497 e. The third-order valence-corrected chi connectivity index (χ3v) is 3.22. The van der Waals surface area contributed by atoms with Gasteiger partial charge < -0.3 is 14.8 Å². The van der Waals surface area contributed by atoms with Crippen molar-refractivity contribution in [2.24, 2.45) is 0 Å². The summed E-state index contributed by atoms with van der Waals surface area (Å²) in [6, 6.07) is 11.5. The summed E-state index contributed by atoms with van der Waals surface area (Å²) in [5.74, 6) is -0.461. The predicted octanol–water partition coefficient (Wildman–Crippen LogP) is 2.03. The third-order valence-electron chi connectivity index (χ3n) is 3.22. The van der Waals surface area contributed by atoms with E-state index < -0.39 is 5.97 Å². The number of nitrogens with zero attached hydrogens (tertiary/aromatic N) is 1. The van der Waals surface area contributed by atoms with Crippen molar-refractivity contribution in [3.8, 4) is 11.4 Å². The summed E-state index contributed by atoms with van der Waals surface area (Å²) in [5.41, 5.74) is 0.818. The second-order valence-electron chi connectivity index (χ2n) is 4.50. The van der Waals surface area contributed by atoms with Gasteiger partial charge in [0.05, 0.1) is 12.8 Å². The van der Waals surface area contributed by atoms with Gasteiger partial charge in [-0.1, -0.05) is 6.07 Å². The first-order chi connectivity index (χ1) is 10.1. The number of aromatic nitrogens is 2. The van der Waals surface area contributed by atoms with Crippen molar-refractivity contribution in [3.05, 3.63) is 58.5 Å². The Bertz CT molecular complexity index is 892. The van der Waals surface area contributed by atoms with Crippen LogP contribution in [0.15, 0.2) is 47.3 Å². The van der Waals surface area contributed by atoms with Gasteiger partial charge in [0.1, 0.15) is 17.1 Å². The van der Waals surface area contributed by atoms with Crippen LogP contribution >= 0.6 is 0 Å². The van der Waals surface area contributed by atoms with Crippen LogP contribution in [0, 0.1) is 0 Å². The number of fused-ring (bicyclic) bond motifs is 1. The van der Waals surface area contributed by atoms with Crippen LogP contribution in [0.2, 0.25) is 0 Å². The SMILES string of the molecule is COc1cccc(-n2c(=O)ccc3cc(C(=O)O)[nH]c32)c1. The highest BCUT2D eigenvalue weighted by molar-refractivity contribution is 5.93. The molecule has 0 amide bonds. The van der Waals surface area contributed by atoms with E-state index in [-0.39, 0.29) is 11.3 Å². The van der Waals surface area contributed by atoms with E-state index in [1.807, 2.05) is 0 Å². The highest BCUT2D eigenvalue weighted by Crippen LogP contribution is 2.20. The lowest BCUT2D eigenvalue weighted by Crippen LogP contribution is -2.17. The summed E-state index contributed by atoms with van der Waals surface area (Å²) in [6.45, 7) is 0. The van der Waals surface area contributed by atoms with Crippen molar-refractivity contribution in [2.75, 3.05) is 7.11 Å². The normalized spacial score (nSPS) is 10.7. The van der Waals surface area contributed by atoms with E-state index >= 15 is 0 Å². The molecule has 0 atom stereocenters. The first-order valence-corrected chi connectivity index (χ1v) is 6.22. The molecule has 6 nitrogen and oxygen atoms in total. The monoisotopic (exact) mass is 284 g/mol. The molecule has 0 aliphatic carbocycles. The molecule has 1 aromatic carbocycles. The molecule has 6 heteroatoms. The molecule has 2 heterocycles. The van der Waals surface area contributed by atoms with Gasteiger partial charge in [-0.25, -0.2) is 4.79 Å². The van der Waals surface area contributed by atoms with Crippen LogP contribution in [0.5, 0.6) is 5.75 Å². The van der Waals surface area contributed by atoms with E-state index in [0.29, 0.717) is 22.5 Å². The number of carbonyl (C=O) groups is 1. The summed E-state index contributed by atoms with van der Waals surface area (Å²) < 4.78 is 6.57. The number of hydrogen-bond acceptors (Lipinski definition) is 3. The zero-order valence-corrected chi connectivity index (χ0v) is 11.2. The Kier molecular flexibility index (Phi) is 2.98. The number of hydrogen-bond donors (Lipinski definition) is 2. The maximum absolute atomic E-state index is 12.2. The molecule has 106 valence electrons. The van der Waals surface area contributed by atoms with E-state index in [2.05, 4.69) is 4.98 Å². The maximum atomic E-state index is 12.2. The van der Waals surface area contributed by atoms with Gasteiger partial charge in [0.25, 0.3) is 5.56 Å². The molecule has 0 aliphatic heterocycles. The first kappa shape index (κ1) is 13.0. The molecule has 3 aromatic rings. The highest BCUT2D eigenvalue weighted by Gasteiger charge is 2.12. The maximum Gasteiger partial charge on any atom is 0.352 e. The highest BCUT2D eigenvalue weighted by atomic mass is 16.5. The van der Waals surface area contributed by atoms with E-state index in [1.54, 1.807) is 37.4 Å². The second-order valence-corrected chi connectivity index (χ2v) is 4.50. The molecule has 0 saturated heterocycles. The number of aromatic amines is 1. The molecule has 0 saturated carbocycles. The number of rotatable bonds is 3. The van der Waals surface area contributed by atoms with Crippen LogP contribution < -0.4 is 10.3 Å². The Morgan fingerprint density at radius 1 is 1.24 bits per heavy atom. The first-order valence-electron chi connectivity index (χ1n) is 6.22. The number of carboxylic acids is 1. The van der Waals surface area contributed by atoms with Gasteiger partial charge in [0.2, 0.25) is 0 Å². The Labute approximate surface area is 119 Å². The molecule has 0 bridgehead atoms. The van der Waals surface area contributed by atoms with Gasteiger partial charge in [-0.05, 0) is 24.3 Å². The van der Waals surface area contributed by atoms with Crippen molar-refractivity contribution >= 4 is 17.0 Å². The molecule has 0 fully saturated rings. The number of pyridine rings is 1. The fourth-order valence-electron chi connectivity index (χ4n) is 2.24. The van der Waals surface area contributed by atoms with Crippen molar-refractivity contribution < 1.29 is 14.6 Å². The predicted molar refractivity (Wildman–Crippen MR) is 77.4 cm³/mol. The fraction of sp³-hybridized carbons (Fsp3) is 0.0667. The van der Waals surface area contributed by atoms with Crippen LogP contribution in [0.25, 0.3) is 16.7 Å². The van der Waals surface area contributed by atoms with Crippen molar-refractivity contribution in [1.82, 2.24) is 9.55 Å². The zero-order chi connectivity index (χ0) is 15.0. The number of benzene rings is 1. The molecule has 2 N–H and O–H groups in total. The van der Waals surface area contributed by atoms with Crippen LogP contribution in [-0.2, 0) is 0 Å². The Morgan fingerprint density at radius 3 is 2.76 bits per heavy atom. The van der Waals surface area contributed by atoms with Crippen LogP contribution in [0.4, 0.5) is 0 Å². The molecular weight excluding hydrogens is 272 g/mol. The zero-order valence-electron chi connectivity index (χ0n) is 11.2. The number of methoxy groups -OCH3 is 1. The van der Waals surface area contributed by atoms with Crippen LogP contribution in [0.1, 0.15) is 10.5 Å². The van der Waals surface area contributed by atoms with Gasteiger partial charge in [0.15, 0.2) is 0 Å². The molecule has 3 rings (SSSR count). The van der Waals surface area contributed by atoms with E-state index in [1.165, 1.54) is 16.7 Å². The Hall–Kier alpha value is -3.02. The van der Waals surface area contributed by atoms with Crippen molar-refractivity contribution in [3.63, 3.8) is 0 Å². The van der Waals surface area contributed by atoms with E-state index in [9.17, 15) is 9.59 Å². The lowest BCUT2D eigenvalue weighted by Gasteiger charge is -2.08. The Morgan fingerprint density at radius 2 is 2.05 bits per heavy atom. The van der Waals surface area contributed by atoms with Gasteiger partial charge in [-0.15, -0.1) is 0 Å². The topological polar surface area (TPSA) is 84.3 Å². The summed E-state index contributed by atoms with van der Waals surface area (Å²) in [7, 11) is 1.54. The van der Waals surface area contributed by atoms with E-state index in [4.69, 9.17) is 9.84 Å². The van der Waals surface area contributed by atoms with E-state index in [0.717, 1.165) is 0 Å². The Balaban J connectivity index is 2.32. The van der Waals surface area contributed by atoms with Crippen LogP contribution in [0.3, 0.4) is 0 Å². The summed E-state index contributed by atoms with van der Waals surface area (Å²) in [5, 5.41) is 9.71. The fourth-order valence-corrected chi connectivity index (χ4v) is 2.24. The molecule has 0 spiro atoms. The average molecular weight is 284 g/mol. The van der Waals surface area contributed by atoms with Gasteiger partial charge in [-0.3, -0.25) is 9.36 Å². The second kappa shape index (κ2) is 4.82. The minimum atomic E-state index is -1.07. The quantitative estimate of drug-likeness (QED) is 0.770. The molecule has 0 unspecified atom stereocenters.